The van der Waals surface area contributed by atoms with Gasteiger partial charge >= 0.3 is 0 Å². The lowest BCUT2D eigenvalue weighted by molar-refractivity contribution is 0.414. The third-order valence-electron chi connectivity index (χ3n) is 2.02. The highest BCUT2D eigenvalue weighted by molar-refractivity contribution is 7.99. The Morgan fingerprint density at radius 3 is 2.82 bits per heavy atom. The number of thioether (sulfide) groups is 1. The Hall–Kier alpha value is -2.07. The molecule has 7 heteroatoms. The van der Waals surface area contributed by atoms with Crippen molar-refractivity contribution in [1.82, 2.24) is 20.2 Å². The molecule has 86 valence electrons. The lowest BCUT2D eigenvalue weighted by Gasteiger charge is -2.04. The molecule has 6 nitrogen and oxygen atoms in total. The molecule has 1 aromatic carbocycles. The summed E-state index contributed by atoms with van der Waals surface area (Å²) in [5.74, 6) is 1.09. The fourth-order valence-electron chi connectivity index (χ4n) is 1.25. The van der Waals surface area contributed by atoms with Crippen LogP contribution in [0.15, 0.2) is 29.4 Å². The standard InChI is InChI=1S/C10H9N5OS/c1-16-9-4-2-8(3-5-9)15-10(12-13-14-15)17-7-6-11/h2-5H,7H2,1H3. The number of nitriles is 1. The molecule has 0 aliphatic carbocycles. The van der Waals surface area contributed by atoms with Gasteiger partial charge in [0.1, 0.15) is 5.75 Å². The van der Waals surface area contributed by atoms with Crippen LogP contribution in [0, 0.1) is 11.3 Å². The van der Waals surface area contributed by atoms with Gasteiger partial charge < -0.3 is 4.74 Å². The maximum absolute atomic E-state index is 8.53. The Morgan fingerprint density at radius 1 is 1.41 bits per heavy atom. The van der Waals surface area contributed by atoms with E-state index in [0.717, 1.165) is 11.4 Å². The van der Waals surface area contributed by atoms with Gasteiger partial charge in [-0.2, -0.15) is 9.94 Å². The smallest absolute Gasteiger partial charge is 0.215 e. The molecule has 0 spiro atoms. The maximum atomic E-state index is 8.53. The quantitative estimate of drug-likeness (QED) is 0.757. The first-order valence-corrected chi connectivity index (χ1v) is 5.76. The van der Waals surface area contributed by atoms with Crippen LogP contribution in [0.1, 0.15) is 0 Å². The minimum Gasteiger partial charge on any atom is -0.497 e. The molecule has 1 aromatic heterocycles. The molecule has 0 amide bonds. The van der Waals surface area contributed by atoms with Crippen LogP contribution in [0.3, 0.4) is 0 Å². The SMILES string of the molecule is COc1ccc(-n2nnnc2SCC#N)cc1. The average Bonchev–Trinajstić information content (AvgIpc) is 2.84. The van der Waals surface area contributed by atoms with E-state index >= 15 is 0 Å². The molecule has 0 atom stereocenters. The van der Waals surface area contributed by atoms with Crippen molar-refractivity contribution in [3.8, 4) is 17.5 Å². The van der Waals surface area contributed by atoms with E-state index in [2.05, 4.69) is 15.5 Å². The van der Waals surface area contributed by atoms with Gasteiger partial charge in [0.25, 0.3) is 0 Å². The summed E-state index contributed by atoms with van der Waals surface area (Å²) in [6.45, 7) is 0. The molecule has 0 aliphatic heterocycles. The van der Waals surface area contributed by atoms with E-state index < -0.39 is 0 Å². The van der Waals surface area contributed by atoms with Gasteiger partial charge in [0.05, 0.1) is 24.6 Å². The van der Waals surface area contributed by atoms with Crippen molar-refractivity contribution < 1.29 is 4.74 Å². The summed E-state index contributed by atoms with van der Waals surface area (Å²) in [6, 6.07) is 9.40. The van der Waals surface area contributed by atoms with Crippen molar-refractivity contribution in [3.05, 3.63) is 24.3 Å². The molecule has 0 bridgehead atoms. The Morgan fingerprint density at radius 2 is 2.18 bits per heavy atom. The molecule has 0 radical (unpaired) electrons. The van der Waals surface area contributed by atoms with Gasteiger partial charge in [-0.05, 0) is 34.7 Å². The highest BCUT2D eigenvalue weighted by Crippen LogP contribution is 2.19. The lowest BCUT2D eigenvalue weighted by Crippen LogP contribution is -1.99. The van der Waals surface area contributed by atoms with Gasteiger partial charge in [-0.25, -0.2) is 0 Å². The number of nitrogens with zero attached hydrogens (tertiary/aromatic N) is 5. The molecular weight excluding hydrogens is 238 g/mol. The van der Waals surface area contributed by atoms with E-state index in [0.29, 0.717) is 10.9 Å². The summed E-state index contributed by atoms with van der Waals surface area (Å²) in [5, 5.41) is 20.5. The largest absolute Gasteiger partial charge is 0.497 e. The predicted molar refractivity (Wildman–Crippen MR) is 62.0 cm³/mol. The zero-order chi connectivity index (χ0) is 12.1. The van der Waals surface area contributed by atoms with E-state index in [9.17, 15) is 0 Å². The molecule has 0 saturated carbocycles. The highest BCUT2D eigenvalue weighted by atomic mass is 32.2. The molecule has 2 rings (SSSR count). The first-order valence-electron chi connectivity index (χ1n) is 4.77. The van der Waals surface area contributed by atoms with Gasteiger partial charge in [0, 0.05) is 0 Å². The Labute approximate surface area is 102 Å². The van der Waals surface area contributed by atoms with Gasteiger partial charge in [-0.1, -0.05) is 11.8 Å². The molecule has 0 aliphatic rings. The van der Waals surface area contributed by atoms with Crippen molar-refractivity contribution in [3.63, 3.8) is 0 Å². The third-order valence-corrected chi connectivity index (χ3v) is 2.81. The summed E-state index contributed by atoms with van der Waals surface area (Å²) in [6.07, 6.45) is 0. The van der Waals surface area contributed by atoms with Crippen molar-refractivity contribution >= 4 is 11.8 Å². The Bertz CT molecular complexity index is 530. The summed E-state index contributed by atoms with van der Waals surface area (Å²) in [7, 11) is 1.61. The maximum Gasteiger partial charge on any atom is 0.215 e. The fourth-order valence-corrected chi connectivity index (χ4v) is 1.80. The van der Waals surface area contributed by atoms with E-state index in [1.165, 1.54) is 11.8 Å². The van der Waals surface area contributed by atoms with Crippen molar-refractivity contribution in [2.45, 2.75) is 5.16 Å². The zero-order valence-electron chi connectivity index (χ0n) is 9.07. The molecule has 0 saturated heterocycles. The van der Waals surface area contributed by atoms with Gasteiger partial charge in [-0.15, -0.1) is 5.10 Å². The predicted octanol–water partition coefficient (Wildman–Crippen LogP) is 1.29. The molecular formula is C10H9N5OS. The Balaban J connectivity index is 2.26. The summed E-state index contributed by atoms with van der Waals surface area (Å²) < 4.78 is 6.66. The monoisotopic (exact) mass is 247 g/mol. The van der Waals surface area contributed by atoms with Crippen LogP contribution in [-0.4, -0.2) is 33.1 Å². The first kappa shape index (κ1) is 11.4. The molecule has 0 N–H and O–H groups in total. The van der Waals surface area contributed by atoms with Crippen LogP contribution in [0.2, 0.25) is 0 Å². The first-order chi connectivity index (χ1) is 8.35. The van der Waals surface area contributed by atoms with Gasteiger partial charge in [0.15, 0.2) is 0 Å². The van der Waals surface area contributed by atoms with E-state index in [1.807, 2.05) is 30.3 Å². The van der Waals surface area contributed by atoms with Crippen LogP contribution in [-0.2, 0) is 0 Å². The highest BCUT2D eigenvalue weighted by Gasteiger charge is 2.08. The van der Waals surface area contributed by atoms with Crippen molar-refractivity contribution in [2.75, 3.05) is 12.9 Å². The summed E-state index contributed by atoms with van der Waals surface area (Å²) in [5.41, 5.74) is 0.830. The molecule has 0 unspecified atom stereocenters. The average molecular weight is 247 g/mol. The second-order valence-electron chi connectivity index (χ2n) is 3.02. The minimum atomic E-state index is 0.316. The van der Waals surface area contributed by atoms with Crippen LogP contribution in [0.25, 0.3) is 5.69 Å². The zero-order valence-corrected chi connectivity index (χ0v) is 9.89. The molecule has 0 fully saturated rings. The number of rotatable bonds is 4. The van der Waals surface area contributed by atoms with Crippen molar-refractivity contribution in [1.29, 1.82) is 5.26 Å². The fraction of sp³-hybridized carbons (Fsp3) is 0.200. The van der Waals surface area contributed by atoms with Crippen LogP contribution in [0.5, 0.6) is 5.75 Å². The summed E-state index contributed by atoms with van der Waals surface area (Å²) >= 11 is 1.29. The van der Waals surface area contributed by atoms with Crippen LogP contribution < -0.4 is 4.74 Å². The van der Waals surface area contributed by atoms with E-state index in [-0.39, 0.29) is 0 Å². The number of ether oxygens (including phenoxy) is 1. The number of hydrogen-bond donors (Lipinski definition) is 0. The number of hydrogen-bond acceptors (Lipinski definition) is 6. The van der Waals surface area contributed by atoms with E-state index in [4.69, 9.17) is 10.00 Å². The normalized spacial score (nSPS) is 9.88. The molecule has 17 heavy (non-hydrogen) atoms. The number of tetrazole rings is 1. The summed E-state index contributed by atoms with van der Waals surface area (Å²) in [4.78, 5) is 0. The molecule has 1 heterocycles. The second-order valence-corrected chi connectivity index (χ2v) is 3.96. The lowest BCUT2D eigenvalue weighted by atomic mass is 10.3. The topological polar surface area (TPSA) is 76.6 Å². The van der Waals surface area contributed by atoms with Crippen LogP contribution in [0.4, 0.5) is 0 Å². The van der Waals surface area contributed by atoms with Gasteiger partial charge in [0.2, 0.25) is 5.16 Å². The number of aromatic nitrogens is 4. The Kier molecular flexibility index (Phi) is 3.57. The van der Waals surface area contributed by atoms with E-state index in [1.54, 1.807) is 11.8 Å². The minimum absolute atomic E-state index is 0.316. The van der Waals surface area contributed by atoms with Crippen molar-refractivity contribution in [2.24, 2.45) is 0 Å². The number of benzene rings is 1. The molecule has 2 aromatic rings. The van der Waals surface area contributed by atoms with Gasteiger partial charge in [-0.3, -0.25) is 0 Å². The third kappa shape index (κ3) is 2.54. The second kappa shape index (κ2) is 5.32. The number of methoxy groups -OCH3 is 1. The van der Waals surface area contributed by atoms with Crippen LogP contribution >= 0.6 is 11.8 Å².